The van der Waals surface area contributed by atoms with Crippen molar-refractivity contribution in [1.82, 2.24) is 4.98 Å². The van der Waals surface area contributed by atoms with Crippen molar-refractivity contribution in [2.24, 2.45) is 0 Å². The highest BCUT2D eigenvalue weighted by atomic mass is 16.5. The summed E-state index contributed by atoms with van der Waals surface area (Å²) in [6.07, 6.45) is 0. The number of aromatic nitrogens is 1. The minimum Gasteiger partial charge on any atom is -0.493 e. The number of methoxy groups -OCH3 is 3. The maximum Gasteiger partial charge on any atom is 0.255 e. The minimum atomic E-state index is -0.294. The van der Waals surface area contributed by atoms with E-state index in [2.05, 4.69) is 10.3 Å². The molecular formula is C25H24N2O5. The molecule has 4 aromatic rings. The van der Waals surface area contributed by atoms with Gasteiger partial charge in [-0.2, -0.15) is 0 Å². The number of carbonyl (C=O) groups is 1. The first-order valence-electron chi connectivity index (χ1n) is 10.0. The van der Waals surface area contributed by atoms with E-state index >= 15 is 0 Å². The molecule has 0 bridgehead atoms. The Balaban J connectivity index is 1.60. The van der Waals surface area contributed by atoms with Gasteiger partial charge in [0.15, 0.2) is 17.1 Å². The lowest BCUT2D eigenvalue weighted by atomic mass is 10.1. The molecule has 1 aromatic heterocycles. The number of carbonyl (C=O) groups excluding carboxylic acids is 1. The fourth-order valence-electron chi connectivity index (χ4n) is 3.50. The average Bonchev–Trinajstić information content (AvgIpc) is 3.22. The van der Waals surface area contributed by atoms with Crippen LogP contribution in [0.4, 0.5) is 5.69 Å². The molecule has 0 fully saturated rings. The summed E-state index contributed by atoms with van der Waals surface area (Å²) in [5.41, 5.74) is 5.46. The van der Waals surface area contributed by atoms with E-state index in [1.54, 1.807) is 12.1 Å². The molecule has 0 saturated heterocycles. The number of anilines is 1. The highest BCUT2D eigenvalue weighted by Crippen LogP contribution is 2.38. The first kappa shape index (κ1) is 21.2. The minimum absolute atomic E-state index is 0.294. The summed E-state index contributed by atoms with van der Waals surface area (Å²) in [7, 11) is 4.54. The van der Waals surface area contributed by atoms with E-state index in [0.717, 1.165) is 27.8 Å². The van der Waals surface area contributed by atoms with Crippen LogP contribution in [0.1, 0.15) is 21.5 Å². The van der Waals surface area contributed by atoms with Crippen LogP contribution < -0.4 is 19.5 Å². The molecule has 0 aliphatic heterocycles. The Hall–Kier alpha value is -4.00. The molecule has 1 heterocycles. The molecule has 164 valence electrons. The molecule has 0 saturated carbocycles. The summed E-state index contributed by atoms with van der Waals surface area (Å²) in [5, 5.41) is 2.94. The maximum atomic E-state index is 12.9. The average molecular weight is 432 g/mol. The second-order valence-corrected chi connectivity index (χ2v) is 7.39. The quantitative estimate of drug-likeness (QED) is 0.440. The molecule has 4 rings (SSSR count). The number of ether oxygens (including phenoxy) is 3. The van der Waals surface area contributed by atoms with E-state index in [9.17, 15) is 4.79 Å². The molecule has 0 unspecified atom stereocenters. The molecule has 0 atom stereocenters. The summed E-state index contributed by atoms with van der Waals surface area (Å²) in [5.74, 6) is 1.50. The molecule has 0 radical (unpaired) electrons. The lowest BCUT2D eigenvalue weighted by Crippen LogP contribution is -2.13. The zero-order valence-electron chi connectivity index (χ0n) is 18.6. The fraction of sp³-hybridized carbons (Fsp3) is 0.200. The van der Waals surface area contributed by atoms with Crippen LogP contribution in [0.25, 0.3) is 22.6 Å². The topological polar surface area (TPSA) is 82.8 Å². The number of hydrogen-bond acceptors (Lipinski definition) is 6. The van der Waals surface area contributed by atoms with Crippen molar-refractivity contribution in [2.75, 3.05) is 26.6 Å². The van der Waals surface area contributed by atoms with Gasteiger partial charge in [0.25, 0.3) is 5.91 Å². The van der Waals surface area contributed by atoms with E-state index in [4.69, 9.17) is 18.6 Å². The molecule has 1 N–H and O–H groups in total. The lowest BCUT2D eigenvalue weighted by molar-refractivity contribution is 0.102. The summed E-state index contributed by atoms with van der Waals surface area (Å²) < 4.78 is 21.9. The van der Waals surface area contributed by atoms with Crippen molar-refractivity contribution in [3.63, 3.8) is 0 Å². The molecule has 0 spiro atoms. The predicted molar refractivity (Wildman–Crippen MR) is 123 cm³/mol. The third kappa shape index (κ3) is 3.97. The van der Waals surface area contributed by atoms with Crippen molar-refractivity contribution >= 4 is 22.7 Å². The van der Waals surface area contributed by atoms with E-state index < -0.39 is 0 Å². The Bertz CT molecular complexity index is 1280. The Morgan fingerprint density at radius 3 is 2.25 bits per heavy atom. The third-order valence-corrected chi connectivity index (χ3v) is 5.19. The van der Waals surface area contributed by atoms with Crippen LogP contribution >= 0.6 is 0 Å². The number of amides is 1. The number of rotatable bonds is 6. The van der Waals surface area contributed by atoms with Gasteiger partial charge in [-0.1, -0.05) is 6.07 Å². The van der Waals surface area contributed by atoms with Crippen LogP contribution in [0.3, 0.4) is 0 Å². The third-order valence-electron chi connectivity index (χ3n) is 5.19. The maximum absolute atomic E-state index is 12.9. The van der Waals surface area contributed by atoms with Crippen molar-refractivity contribution in [3.05, 3.63) is 65.2 Å². The number of oxazole rings is 1. The molecular weight excluding hydrogens is 408 g/mol. The molecule has 3 aromatic carbocycles. The van der Waals surface area contributed by atoms with Crippen LogP contribution in [0.5, 0.6) is 17.2 Å². The molecule has 7 heteroatoms. The van der Waals surface area contributed by atoms with E-state index in [1.807, 2.05) is 50.2 Å². The van der Waals surface area contributed by atoms with Gasteiger partial charge >= 0.3 is 0 Å². The van der Waals surface area contributed by atoms with Crippen molar-refractivity contribution < 1.29 is 23.4 Å². The second-order valence-electron chi connectivity index (χ2n) is 7.39. The predicted octanol–water partition coefficient (Wildman–Crippen LogP) is 5.39. The van der Waals surface area contributed by atoms with Crippen molar-refractivity contribution in [3.8, 4) is 28.7 Å². The Labute approximate surface area is 185 Å². The number of hydrogen-bond donors (Lipinski definition) is 1. The van der Waals surface area contributed by atoms with Crippen LogP contribution in [0.15, 0.2) is 52.9 Å². The van der Waals surface area contributed by atoms with E-state index in [-0.39, 0.29) is 5.91 Å². The Morgan fingerprint density at radius 2 is 1.62 bits per heavy atom. The first-order chi connectivity index (χ1) is 15.4. The van der Waals surface area contributed by atoms with Crippen LogP contribution in [0.2, 0.25) is 0 Å². The van der Waals surface area contributed by atoms with Gasteiger partial charge in [0, 0.05) is 16.8 Å². The number of aryl methyl sites for hydroxylation is 2. The van der Waals surface area contributed by atoms with E-state index in [1.165, 1.54) is 21.3 Å². The highest BCUT2D eigenvalue weighted by molar-refractivity contribution is 6.05. The lowest BCUT2D eigenvalue weighted by Gasteiger charge is -2.14. The van der Waals surface area contributed by atoms with Gasteiger partial charge in [0.05, 0.1) is 21.3 Å². The second kappa shape index (κ2) is 8.63. The monoisotopic (exact) mass is 432 g/mol. The number of nitrogens with one attached hydrogen (secondary N) is 1. The van der Waals surface area contributed by atoms with Gasteiger partial charge in [-0.15, -0.1) is 0 Å². The van der Waals surface area contributed by atoms with Gasteiger partial charge in [-0.05, 0) is 67.4 Å². The SMILES string of the molecule is COc1cc(C(=O)Nc2ccc(-c3nc4cc(C)ccc4o3)cc2C)cc(OC)c1OC. The van der Waals surface area contributed by atoms with Crippen molar-refractivity contribution in [1.29, 1.82) is 0 Å². The fourth-order valence-corrected chi connectivity index (χ4v) is 3.50. The van der Waals surface area contributed by atoms with Gasteiger partial charge < -0.3 is 23.9 Å². The van der Waals surface area contributed by atoms with Crippen molar-refractivity contribution in [2.45, 2.75) is 13.8 Å². The molecule has 0 aliphatic carbocycles. The van der Waals surface area contributed by atoms with Crippen LogP contribution in [0, 0.1) is 13.8 Å². The molecule has 32 heavy (non-hydrogen) atoms. The molecule has 0 aliphatic rings. The standard InChI is InChI=1S/C25H24N2O5/c1-14-6-9-20-19(10-14)27-25(32-20)16-7-8-18(15(2)11-16)26-24(28)17-12-21(29-3)23(31-5)22(13-17)30-4/h6-13H,1-5H3,(H,26,28). The first-order valence-corrected chi connectivity index (χ1v) is 10.0. The molecule has 1 amide bonds. The number of nitrogens with zero attached hydrogens (tertiary/aromatic N) is 1. The van der Waals surface area contributed by atoms with Gasteiger partial charge in [-0.3, -0.25) is 4.79 Å². The van der Waals surface area contributed by atoms with Crippen LogP contribution in [-0.2, 0) is 0 Å². The van der Waals surface area contributed by atoms with Crippen LogP contribution in [-0.4, -0.2) is 32.2 Å². The largest absolute Gasteiger partial charge is 0.493 e. The zero-order chi connectivity index (χ0) is 22.8. The zero-order valence-corrected chi connectivity index (χ0v) is 18.6. The Morgan fingerprint density at radius 1 is 0.906 bits per heavy atom. The smallest absolute Gasteiger partial charge is 0.255 e. The summed E-state index contributed by atoms with van der Waals surface area (Å²) >= 11 is 0. The molecule has 7 nitrogen and oxygen atoms in total. The van der Waals surface area contributed by atoms with Gasteiger partial charge in [0.1, 0.15) is 5.52 Å². The number of fused-ring (bicyclic) bond motifs is 1. The summed E-state index contributed by atoms with van der Waals surface area (Å²) in [6.45, 7) is 3.94. The summed E-state index contributed by atoms with van der Waals surface area (Å²) in [4.78, 5) is 17.5. The van der Waals surface area contributed by atoms with E-state index in [0.29, 0.717) is 34.4 Å². The number of benzene rings is 3. The highest BCUT2D eigenvalue weighted by Gasteiger charge is 2.18. The normalized spacial score (nSPS) is 10.8. The van der Waals surface area contributed by atoms with Gasteiger partial charge in [0.2, 0.25) is 11.6 Å². The Kier molecular flexibility index (Phi) is 5.73. The van der Waals surface area contributed by atoms with Gasteiger partial charge in [-0.25, -0.2) is 4.98 Å². The summed E-state index contributed by atoms with van der Waals surface area (Å²) in [6, 6.07) is 14.8.